The lowest BCUT2D eigenvalue weighted by atomic mass is 10.6. The van der Waals surface area contributed by atoms with Crippen molar-refractivity contribution in [3.8, 4) is 0 Å². The molecule has 2 heterocycles. The summed E-state index contributed by atoms with van der Waals surface area (Å²) in [7, 11) is 5.47. The Hall–Kier alpha value is 1.56. The molecule has 0 aromatic carbocycles. The molecule has 0 aromatic rings. The Balaban J connectivity index is 2.03. The van der Waals surface area contributed by atoms with Crippen LogP contribution >= 0.6 is 35.1 Å². The Morgan fingerprint density at radius 3 is 2.12 bits per heavy atom. The zero-order chi connectivity index (χ0) is 5.40. The fraction of sp³-hybridized carbons (Fsp3) is 1.00. The van der Waals surface area contributed by atoms with E-state index in [1.54, 1.807) is 24.6 Å². The summed E-state index contributed by atoms with van der Waals surface area (Å²) >= 11 is 0. The smallest absolute Gasteiger partial charge is 0.00811 e. The standard InChI is InChI=1S/C4H8P2S2/c1-2-5-4-6(3-1)8-7-5/h1-4H2. The molecule has 0 aromatic heterocycles. The Bertz CT molecular complexity index is 84.0. The highest BCUT2D eigenvalue weighted by molar-refractivity contribution is 9.16. The quantitative estimate of drug-likeness (QED) is 0.415. The molecule has 2 aliphatic rings. The van der Waals surface area contributed by atoms with E-state index in [9.17, 15) is 0 Å². The van der Waals surface area contributed by atoms with Gasteiger partial charge in [-0.2, -0.15) is 0 Å². The van der Waals surface area contributed by atoms with Crippen LogP contribution in [0.2, 0.25) is 0 Å². The highest BCUT2D eigenvalue weighted by Crippen LogP contribution is 2.82. The van der Waals surface area contributed by atoms with Crippen molar-refractivity contribution in [3.05, 3.63) is 0 Å². The summed E-state index contributed by atoms with van der Waals surface area (Å²) in [5.74, 6) is 1.64. The molecule has 0 saturated carbocycles. The summed E-state index contributed by atoms with van der Waals surface area (Å²) in [5, 5.41) is 0. The Labute approximate surface area is 60.0 Å². The van der Waals surface area contributed by atoms with Crippen LogP contribution in [-0.2, 0) is 0 Å². The number of fused-ring (bicyclic) bond motifs is 2. The molecule has 4 heteroatoms. The largest absolute Gasteiger partial charge is 0.0619 e. The maximum absolute atomic E-state index is 2.22. The Morgan fingerprint density at radius 1 is 1.00 bits per heavy atom. The molecule has 2 fully saturated rings. The van der Waals surface area contributed by atoms with E-state index in [2.05, 4.69) is 20.8 Å². The predicted molar refractivity (Wildman–Crippen MR) is 48.2 cm³/mol. The van der Waals surface area contributed by atoms with Crippen molar-refractivity contribution in [3.63, 3.8) is 0 Å². The van der Waals surface area contributed by atoms with E-state index in [4.69, 9.17) is 0 Å². The summed E-state index contributed by atoms with van der Waals surface area (Å²) in [4.78, 5) is 0. The maximum Gasteiger partial charge on any atom is 0.00811 e. The van der Waals surface area contributed by atoms with E-state index in [-0.39, 0.29) is 0 Å². The first kappa shape index (κ1) is 6.28. The minimum atomic E-state index is 0.513. The van der Waals surface area contributed by atoms with Crippen molar-refractivity contribution < 1.29 is 0 Å². The summed E-state index contributed by atoms with van der Waals surface area (Å²) < 4.78 is 0. The van der Waals surface area contributed by atoms with Gasteiger partial charge >= 0.3 is 0 Å². The van der Waals surface area contributed by atoms with Crippen molar-refractivity contribution in [2.45, 2.75) is 6.42 Å². The van der Waals surface area contributed by atoms with Gasteiger partial charge in [-0.15, -0.1) is 0 Å². The topological polar surface area (TPSA) is 0 Å². The molecular weight excluding hydrogens is 174 g/mol. The van der Waals surface area contributed by atoms with Crippen LogP contribution in [0.4, 0.5) is 0 Å². The molecule has 0 aliphatic carbocycles. The van der Waals surface area contributed by atoms with Crippen LogP contribution in [0, 0.1) is 0 Å². The highest BCUT2D eigenvalue weighted by Gasteiger charge is 2.29. The molecule has 0 radical (unpaired) electrons. The van der Waals surface area contributed by atoms with Gasteiger partial charge in [0.15, 0.2) is 0 Å². The van der Waals surface area contributed by atoms with Crippen molar-refractivity contribution in [2.24, 2.45) is 0 Å². The van der Waals surface area contributed by atoms with E-state index in [1.165, 1.54) is 0 Å². The summed E-state index contributed by atoms with van der Waals surface area (Å²) in [6.45, 7) is 0. The van der Waals surface area contributed by atoms with Gasteiger partial charge in [-0.3, -0.25) is 0 Å². The van der Waals surface area contributed by atoms with Crippen LogP contribution in [0.15, 0.2) is 0 Å². The molecule has 2 rings (SSSR count). The van der Waals surface area contributed by atoms with Crippen molar-refractivity contribution >= 4 is 35.1 Å². The zero-order valence-electron chi connectivity index (χ0n) is 4.54. The third kappa shape index (κ3) is 1.19. The van der Waals surface area contributed by atoms with Crippen LogP contribution < -0.4 is 0 Å². The molecule has 2 bridgehead atoms. The number of hydrogen-bond acceptors (Lipinski definition) is 2. The van der Waals surface area contributed by atoms with E-state index < -0.39 is 0 Å². The third-order valence-electron chi connectivity index (χ3n) is 1.37. The third-order valence-corrected chi connectivity index (χ3v) is 16.9. The molecule has 0 amide bonds. The molecule has 0 nitrogen and oxygen atoms in total. The first-order valence-electron chi connectivity index (χ1n) is 2.80. The average Bonchev–Trinajstić information content (AvgIpc) is 2.12. The monoisotopic (exact) mass is 182 g/mol. The van der Waals surface area contributed by atoms with Crippen LogP contribution in [-0.4, -0.2) is 18.2 Å². The van der Waals surface area contributed by atoms with Gasteiger partial charge in [0.05, 0.1) is 0 Å². The van der Waals surface area contributed by atoms with Gasteiger partial charge in [-0.25, -0.2) is 0 Å². The minimum Gasteiger partial charge on any atom is -0.0619 e. The lowest BCUT2D eigenvalue weighted by Crippen LogP contribution is -1.92. The normalized spacial score (nSPS) is 45.0. The summed E-state index contributed by atoms with van der Waals surface area (Å²) in [6, 6.07) is 0. The predicted octanol–water partition coefficient (Wildman–Crippen LogP) is 3.54. The summed E-state index contributed by atoms with van der Waals surface area (Å²) in [6.07, 6.45) is 4.70. The fourth-order valence-corrected chi connectivity index (χ4v) is 22.0. The first-order chi connectivity index (χ1) is 3.95. The van der Waals surface area contributed by atoms with Gasteiger partial charge < -0.3 is 0 Å². The highest BCUT2D eigenvalue weighted by atomic mass is 33.5. The van der Waals surface area contributed by atoms with Crippen LogP contribution in [0.3, 0.4) is 0 Å². The van der Waals surface area contributed by atoms with Gasteiger partial charge in [0.1, 0.15) is 0 Å². The number of rotatable bonds is 0. The van der Waals surface area contributed by atoms with E-state index in [0.29, 0.717) is 14.2 Å². The Morgan fingerprint density at radius 2 is 1.62 bits per heavy atom. The lowest BCUT2D eigenvalue weighted by molar-refractivity contribution is 1.10. The van der Waals surface area contributed by atoms with Crippen molar-refractivity contribution in [1.82, 2.24) is 0 Å². The Kier molecular flexibility index (Phi) is 2.09. The molecule has 2 aliphatic heterocycles. The molecule has 8 heavy (non-hydrogen) atoms. The molecule has 2 atom stereocenters. The zero-order valence-corrected chi connectivity index (χ0v) is 7.96. The van der Waals surface area contributed by atoms with Gasteiger partial charge in [0, 0.05) is 5.90 Å². The van der Waals surface area contributed by atoms with Crippen LogP contribution in [0.25, 0.3) is 0 Å². The van der Waals surface area contributed by atoms with Gasteiger partial charge in [0.2, 0.25) is 0 Å². The average molecular weight is 182 g/mol. The fourth-order valence-electron chi connectivity index (χ4n) is 0.957. The molecule has 2 unspecified atom stereocenters. The molecular formula is C4H8P2S2. The maximum atomic E-state index is 2.22. The van der Waals surface area contributed by atoms with Crippen LogP contribution in [0.5, 0.6) is 0 Å². The molecule has 46 valence electrons. The lowest BCUT2D eigenvalue weighted by Gasteiger charge is -2.14. The SMILES string of the molecule is C1CP2CP(C1)SS2. The van der Waals surface area contributed by atoms with E-state index in [1.807, 2.05) is 0 Å². The molecule has 0 N–H and O–H groups in total. The summed E-state index contributed by atoms with van der Waals surface area (Å²) in [5.41, 5.74) is 0. The molecule has 0 spiro atoms. The minimum absolute atomic E-state index is 0.513. The van der Waals surface area contributed by atoms with Crippen molar-refractivity contribution in [2.75, 3.05) is 18.2 Å². The second-order valence-corrected chi connectivity index (χ2v) is 13.0. The van der Waals surface area contributed by atoms with Gasteiger partial charge in [0.25, 0.3) is 0 Å². The first-order valence-corrected chi connectivity index (χ1v) is 9.58. The van der Waals surface area contributed by atoms with Gasteiger partial charge in [-0.1, -0.05) is 20.8 Å². The van der Waals surface area contributed by atoms with E-state index in [0.717, 1.165) is 0 Å². The van der Waals surface area contributed by atoms with Gasteiger partial charge in [-0.05, 0) is 33.0 Å². The number of hydrogen-bond donors (Lipinski definition) is 0. The molecule has 2 saturated heterocycles. The van der Waals surface area contributed by atoms with Crippen LogP contribution in [0.1, 0.15) is 6.42 Å². The van der Waals surface area contributed by atoms with E-state index >= 15 is 0 Å². The second-order valence-electron chi connectivity index (χ2n) is 2.05. The van der Waals surface area contributed by atoms with Crippen molar-refractivity contribution in [1.29, 1.82) is 0 Å². The second kappa shape index (κ2) is 2.66.